The van der Waals surface area contributed by atoms with Crippen molar-refractivity contribution in [3.63, 3.8) is 0 Å². The molecule has 100 valence electrons. The second-order valence-electron chi connectivity index (χ2n) is 4.20. The van der Waals surface area contributed by atoms with E-state index in [4.69, 9.17) is 5.11 Å². The molecule has 0 aliphatic carbocycles. The molecule has 1 aromatic heterocycles. The smallest absolute Gasteiger partial charge is 0.315 e. The Balaban J connectivity index is 2.23. The summed E-state index contributed by atoms with van der Waals surface area (Å²) in [7, 11) is 0. The highest BCUT2D eigenvalue weighted by molar-refractivity contribution is 7.07. The molecule has 6 heteroatoms. The number of hydrogen-bond acceptors (Lipinski definition) is 3. The van der Waals surface area contributed by atoms with Gasteiger partial charge in [0.2, 0.25) is 0 Å². The Labute approximate surface area is 110 Å². The van der Waals surface area contributed by atoms with E-state index < -0.39 is 17.9 Å². The molecule has 0 bridgehead atoms. The van der Waals surface area contributed by atoms with E-state index in [0.717, 1.165) is 6.42 Å². The third-order valence-electron chi connectivity index (χ3n) is 2.78. The molecular weight excluding hydrogens is 252 g/mol. The van der Waals surface area contributed by atoms with Gasteiger partial charge < -0.3 is 15.7 Å². The Bertz CT molecular complexity index is 392. The lowest BCUT2D eigenvalue weighted by Crippen LogP contribution is -2.45. The van der Waals surface area contributed by atoms with Gasteiger partial charge >= 0.3 is 12.0 Å². The number of hydrogen-bond donors (Lipinski definition) is 3. The van der Waals surface area contributed by atoms with Gasteiger partial charge in [-0.25, -0.2) is 4.79 Å². The molecule has 1 aromatic rings. The van der Waals surface area contributed by atoms with Crippen LogP contribution in [0.3, 0.4) is 0 Å². The number of carboxylic acids is 1. The van der Waals surface area contributed by atoms with Crippen molar-refractivity contribution in [2.75, 3.05) is 6.54 Å². The number of thiophene rings is 1. The van der Waals surface area contributed by atoms with Gasteiger partial charge in [0, 0.05) is 12.6 Å². The van der Waals surface area contributed by atoms with Gasteiger partial charge in [0.1, 0.15) is 0 Å². The molecule has 5 nitrogen and oxygen atoms in total. The highest BCUT2D eigenvalue weighted by Gasteiger charge is 2.20. The lowest BCUT2D eigenvalue weighted by molar-refractivity contribution is -0.141. The summed E-state index contributed by atoms with van der Waals surface area (Å²) in [5, 5.41) is 18.1. The Morgan fingerprint density at radius 2 is 2.17 bits per heavy atom. The summed E-state index contributed by atoms with van der Waals surface area (Å²) in [5.41, 5.74) is 1.19. The van der Waals surface area contributed by atoms with E-state index in [-0.39, 0.29) is 6.03 Å². The fourth-order valence-electron chi connectivity index (χ4n) is 1.35. The summed E-state index contributed by atoms with van der Waals surface area (Å²) >= 11 is 1.62. The Hall–Kier alpha value is -1.56. The SMILES string of the molecule is CC(NC(=O)NCCc1ccsc1)C(C)C(=O)O. The van der Waals surface area contributed by atoms with Gasteiger partial charge in [0.25, 0.3) is 0 Å². The molecule has 1 rings (SSSR count). The number of urea groups is 1. The second kappa shape index (κ2) is 7.00. The standard InChI is InChI=1S/C12H18N2O3S/c1-8(11(15)16)9(2)14-12(17)13-5-3-10-4-6-18-7-10/h4,6-9H,3,5H2,1-2H3,(H,15,16)(H2,13,14,17). The van der Waals surface area contributed by atoms with Crippen LogP contribution in [0.2, 0.25) is 0 Å². The van der Waals surface area contributed by atoms with Crippen LogP contribution in [0.1, 0.15) is 19.4 Å². The number of nitrogens with one attached hydrogen (secondary N) is 2. The second-order valence-corrected chi connectivity index (χ2v) is 4.98. The molecule has 3 N–H and O–H groups in total. The predicted octanol–water partition coefficient (Wildman–Crippen LogP) is 1.70. The van der Waals surface area contributed by atoms with Crippen LogP contribution in [0.25, 0.3) is 0 Å². The minimum absolute atomic E-state index is 0.328. The van der Waals surface area contributed by atoms with Gasteiger partial charge in [-0.1, -0.05) is 0 Å². The molecule has 0 aliphatic heterocycles. The van der Waals surface area contributed by atoms with Gasteiger partial charge in [-0.15, -0.1) is 0 Å². The van der Waals surface area contributed by atoms with Crippen molar-refractivity contribution in [1.29, 1.82) is 0 Å². The first kappa shape index (κ1) is 14.5. The Morgan fingerprint density at radius 3 is 2.72 bits per heavy atom. The van der Waals surface area contributed by atoms with Crippen LogP contribution in [0.15, 0.2) is 16.8 Å². The Kier molecular flexibility index (Phi) is 5.64. The van der Waals surface area contributed by atoms with Gasteiger partial charge in [-0.2, -0.15) is 11.3 Å². The van der Waals surface area contributed by atoms with Crippen molar-refractivity contribution < 1.29 is 14.7 Å². The highest BCUT2D eigenvalue weighted by Crippen LogP contribution is 2.05. The molecule has 0 radical (unpaired) electrons. The minimum atomic E-state index is -0.916. The van der Waals surface area contributed by atoms with Crippen molar-refractivity contribution in [2.24, 2.45) is 5.92 Å². The van der Waals surface area contributed by atoms with E-state index in [1.54, 1.807) is 25.2 Å². The topological polar surface area (TPSA) is 78.4 Å². The first-order valence-electron chi connectivity index (χ1n) is 5.79. The monoisotopic (exact) mass is 270 g/mol. The fraction of sp³-hybridized carbons (Fsp3) is 0.500. The molecule has 0 fully saturated rings. The van der Waals surface area contributed by atoms with E-state index in [1.165, 1.54) is 5.56 Å². The van der Waals surface area contributed by atoms with Crippen LogP contribution >= 0.6 is 11.3 Å². The summed E-state index contributed by atoms with van der Waals surface area (Å²) in [4.78, 5) is 22.2. The zero-order chi connectivity index (χ0) is 13.5. The number of amides is 2. The largest absolute Gasteiger partial charge is 0.481 e. The molecule has 0 saturated carbocycles. The van der Waals surface area contributed by atoms with Crippen LogP contribution in [-0.2, 0) is 11.2 Å². The third-order valence-corrected chi connectivity index (χ3v) is 3.51. The van der Waals surface area contributed by atoms with Crippen LogP contribution in [0.4, 0.5) is 4.79 Å². The van der Waals surface area contributed by atoms with Crippen LogP contribution in [0.5, 0.6) is 0 Å². The fourth-order valence-corrected chi connectivity index (χ4v) is 2.06. The van der Waals surface area contributed by atoms with E-state index in [1.807, 2.05) is 16.8 Å². The van der Waals surface area contributed by atoms with Crippen LogP contribution in [-0.4, -0.2) is 29.7 Å². The maximum Gasteiger partial charge on any atom is 0.315 e. The molecule has 1 heterocycles. The molecular formula is C12H18N2O3S. The molecule has 18 heavy (non-hydrogen) atoms. The molecule has 2 unspecified atom stereocenters. The van der Waals surface area contributed by atoms with E-state index in [0.29, 0.717) is 6.54 Å². The summed E-state index contributed by atoms with van der Waals surface area (Å²) in [6, 6.07) is 1.29. The maximum absolute atomic E-state index is 11.5. The van der Waals surface area contributed by atoms with E-state index in [9.17, 15) is 9.59 Å². The van der Waals surface area contributed by atoms with Gasteiger partial charge in [-0.05, 0) is 42.7 Å². The van der Waals surface area contributed by atoms with Crippen molar-refractivity contribution in [2.45, 2.75) is 26.3 Å². The zero-order valence-electron chi connectivity index (χ0n) is 10.5. The van der Waals surface area contributed by atoms with Crippen LogP contribution < -0.4 is 10.6 Å². The van der Waals surface area contributed by atoms with E-state index in [2.05, 4.69) is 10.6 Å². The molecule has 0 aromatic carbocycles. The highest BCUT2D eigenvalue weighted by atomic mass is 32.1. The molecule has 0 spiro atoms. The predicted molar refractivity (Wildman–Crippen MR) is 70.8 cm³/mol. The maximum atomic E-state index is 11.5. The first-order chi connectivity index (χ1) is 8.50. The normalized spacial score (nSPS) is 13.7. The quantitative estimate of drug-likeness (QED) is 0.736. The van der Waals surface area contributed by atoms with E-state index >= 15 is 0 Å². The summed E-state index contributed by atoms with van der Waals surface area (Å²) in [6.07, 6.45) is 0.778. The average Bonchev–Trinajstić information content (AvgIpc) is 2.80. The summed E-state index contributed by atoms with van der Waals surface area (Å²) in [5.74, 6) is -1.52. The summed E-state index contributed by atoms with van der Waals surface area (Å²) < 4.78 is 0. The number of carbonyl (C=O) groups excluding carboxylic acids is 1. The van der Waals surface area contributed by atoms with Crippen molar-refractivity contribution in [1.82, 2.24) is 10.6 Å². The summed E-state index contributed by atoms with van der Waals surface area (Å²) in [6.45, 7) is 3.78. The van der Waals surface area contributed by atoms with Gasteiger partial charge in [0.05, 0.1) is 5.92 Å². The Morgan fingerprint density at radius 1 is 1.44 bits per heavy atom. The molecule has 0 aliphatic rings. The molecule has 2 amide bonds. The number of aliphatic carboxylic acids is 1. The zero-order valence-corrected chi connectivity index (χ0v) is 11.3. The number of carbonyl (C=O) groups is 2. The van der Waals surface area contributed by atoms with Gasteiger partial charge in [-0.3, -0.25) is 4.79 Å². The first-order valence-corrected chi connectivity index (χ1v) is 6.73. The average molecular weight is 270 g/mol. The minimum Gasteiger partial charge on any atom is -0.481 e. The number of carboxylic acid groups (broad SMARTS) is 1. The van der Waals surface area contributed by atoms with Crippen molar-refractivity contribution in [3.8, 4) is 0 Å². The van der Waals surface area contributed by atoms with Crippen LogP contribution in [0, 0.1) is 5.92 Å². The van der Waals surface area contributed by atoms with Crippen molar-refractivity contribution >= 4 is 23.3 Å². The lowest BCUT2D eigenvalue weighted by atomic mass is 10.0. The van der Waals surface area contributed by atoms with Crippen molar-refractivity contribution in [3.05, 3.63) is 22.4 Å². The molecule has 2 atom stereocenters. The third kappa shape index (κ3) is 4.75. The molecule has 0 saturated heterocycles. The number of rotatable bonds is 6. The van der Waals surface area contributed by atoms with Gasteiger partial charge in [0.15, 0.2) is 0 Å². The lowest BCUT2D eigenvalue weighted by Gasteiger charge is -2.18.